The Hall–Kier alpha value is -2.08. The number of piperidine rings is 1. The topological polar surface area (TPSA) is 46.1 Å². The molecule has 4 nitrogen and oxygen atoms in total. The van der Waals surface area contributed by atoms with E-state index < -0.39 is 50.1 Å². The second kappa shape index (κ2) is 8.30. The summed E-state index contributed by atoms with van der Waals surface area (Å²) in [6.07, 6.45) is 0.916. The van der Waals surface area contributed by atoms with E-state index in [2.05, 4.69) is 9.97 Å². The van der Waals surface area contributed by atoms with Gasteiger partial charge in [-0.25, -0.2) is 18.7 Å². The molecule has 1 aliphatic heterocycles. The van der Waals surface area contributed by atoms with Crippen molar-refractivity contribution < 1.29 is 23.2 Å². The number of aromatic nitrogens is 2. The van der Waals surface area contributed by atoms with Gasteiger partial charge in [0.1, 0.15) is 17.3 Å². The molecule has 1 saturated heterocycles. The molecular weight excluding hydrogens is 372 g/mol. The molecule has 1 aliphatic rings. The van der Waals surface area contributed by atoms with Crippen LogP contribution in [0.25, 0.3) is 0 Å². The van der Waals surface area contributed by atoms with Crippen LogP contribution >= 0.6 is 11.6 Å². The Morgan fingerprint density at radius 2 is 2.07 bits per heavy atom. The molecule has 1 amide bonds. The van der Waals surface area contributed by atoms with Crippen molar-refractivity contribution in [1.82, 2.24) is 14.9 Å². The van der Waals surface area contributed by atoms with Crippen molar-refractivity contribution in [3.8, 4) is 0 Å². The third-order valence-corrected chi connectivity index (χ3v) is 4.50. The van der Waals surface area contributed by atoms with E-state index in [-0.39, 0.29) is 41.2 Å². The van der Waals surface area contributed by atoms with E-state index in [0.29, 0.717) is 4.90 Å². The van der Waals surface area contributed by atoms with Crippen LogP contribution < -0.4 is 0 Å². The van der Waals surface area contributed by atoms with Gasteiger partial charge in [-0.05, 0) is 56.3 Å². The number of halogens is 3. The zero-order valence-corrected chi connectivity index (χ0v) is 15.1. The van der Waals surface area contributed by atoms with Crippen molar-refractivity contribution in [2.45, 2.75) is 44.6 Å². The van der Waals surface area contributed by atoms with Crippen molar-refractivity contribution in [3.63, 3.8) is 0 Å². The Bertz CT molecular complexity index is 1050. The van der Waals surface area contributed by atoms with Crippen LogP contribution in [0.5, 0.6) is 0 Å². The average Bonchev–Trinajstić information content (AvgIpc) is 2.67. The summed E-state index contributed by atoms with van der Waals surface area (Å²) in [4.78, 5) is 21.1. The molecule has 1 fully saturated rings. The minimum Gasteiger partial charge on any atom is -0.338 e. The van der Waals surface area contributed by atoms with E-state index in [1.165, 1.54) is 12.4 Å². The quantitative estimate of drug-likeness (QED) is 0.739. The van der Waals surface area contributed by atoms with Gasteiger partial charge in [-0.2, -0.15) is 0 Å². The van der Waals surface area contributed by atoms with E-state index in [0.717, 1.165) is 18.2 Å². The first kappa shape index (κ1) is 12.4. The summed E-state index contributed by atoms with van der Waals surface area (Å²) < 4.78 is 84.1. The van der Waals surface area contributed by atoms with Gasteiger partial charge in [-0.3, -0.25) is 4.79 Å². The maximum Gasteiger partial charge on any atom is 0.253 e. The maximum absolute atomic E-state index is 15.6. The average molecular weight is 401 g/mol. The number of hydrogen-bond donors (Lipinski definition) is 0. The molecule has 0 spiro atoms. The van der Waals surface area contributed by atoms with Gasteiger partial charge >= 0.3 is 0 Å². The minimum absolute atomic E-state index is 0.0286. The predicted octanol–water partition coefficient (Wildman–Crippen LogP) is 4.54. The van der Waals surface area contributed by atoms with Crippen LogP contribution in [-0.2, 0) is 6.42 Å². The fourth-order valence-electron chi connectivity index (χ4n) is 2.69. The molecular formula is C20H22ClF2N3O. The molecule has 0 atom stereocenters. The highest BCUT2D eigenvalue weighted by molar-refractivity contribution is 6.31. The van der Waals surface area contributed by atoms with Gasteiger partial charge < -0.3 is 4.90 Å². The molecule has 1 aromatic heterocycles. The maximum atomic E-state index is 15.6. The molecule has 0 bridgehead atoms. The predicted molar refractivity (Wildman–Crippen MR) is 100 cm³/mol. The smallest absolute Gasteiger partial charge is 0.253 e. The number of hydrogen-bond acceptors (Lipinski definition) is 3. The highest BCUT2D eigenvalue weighted by Gasteiger charge is 2.35. The van der Waals surface area contributed by atoms with Crippen LogP contribution in [-0.4, -0.2) is 39.4 Å². The van der Waals surface area contributed by atoms with E-state index in [4.69, 9.17) is 21.2 Å². The molecule has 1 aromatic carbocycles. The second-order valence-corrected chi connectivity index (χ2v) is 6.74. The lowest BCUT2D eigenvalue weighted by atomic mass is 9.88. The lowest BCUT2D eigenvalue weighted by Crippen LogP contribution is -2.44. The Kier molecular flexibility index (Phi) is 3.81. The fraction of sp³-hybridized carbons (Fsp3) is 0.450. The van der Waals surface area contributed by atoms with Crippen molar-refractivity contribution >= 4 is 17.5 Å². The first-order valence-electron chi connectivity index (χ1n) is 11.8. The monoisotopic (exact) mass is 400 g/mol. The lowest BCUT2D eigenvalue weighted by Gasteiger charge is -2.36. The molecule has 0 N–H and O–H groups in total. The molecule has 144 valence electrons. The number of carbonyl (C=O) groups excluding carboxylic acids is 1. The summed E-state index contributed by atoms with van der Waals surface area (Å²) in [7, 11) is 0. The highest BCUT2D eigenvalue weighted by Crippen LogP contribution is 2.32. The van der Waals surface area contributed by atoms with Gasteiger partial charge in [0.2, 0.25) is 0 Å². The minimum atomic E-state index is -2.67. The van der Waals surface area contributed by atoms with Crippen molar-refractivity contribution in [2.24, 2.45) is 0 Å². The van der Waals surface area contributed by atoms with Crippen LogP contribution in [0.1, 0.15) is 57.0 Å². The van der Waals surface area contributed by atoms with Gasteiger partial charge in [-0.15, -0.1) is 0 Å². The fourth-order valence-corrected chi connectivity index (χ4v) is 2.87. The molecule has 2 aromatic rings. The van der Waals surface area contributed by atoms with Crippen molar-refractivity contribution in [2.75, 3.05) is 13.0 Å². The standard InChI is InChI=1S/C20H22ClF2N3O/c1-14-12-24-18(25-13-14)3-2-6-20(23)7-9-26(10-8-20)19(27)15-4-5-17(22)16(21)11-15/h4-5,11-13H,2-3,6-10H2,1H3/i1D3,9D2,10D2. The molecule has 0 aliphatic carbocycles. The Morgan fingerprint density at radius 1 is 1.37 bits per heavy atom. The third kappa shape index (κ3) is 5.01. The van der Waals surface area contributed by atoms with Gasteiger partial charge in [-0.1, -0.05) is 11.6 Å². The highest BCUT2D eigenvalue weighted by atomic mass is 35.5. The number of aryl methyl sites for hydroxylation is 2. The van der Waals surface area contributed by atoms with Crippen molar-refractivity contribution in [1.29, 1.82) is 0 Å². The molecule has 0 saturated carbocycles. The molecule has 2 heterocycles. The van der Waals surface area contributed by atoms with Crippen LogP contribution in [0.3, 0.4) is 0 Å². The summed E-state index contributed by atoms with van der Waals surface area (Å²) in [6.45, 7) is -7.69. The van der Waals surface area contributed by atoms with Crippen LogP contribution in [0.2, 0.25) is 5.02 Å². The zero-order valence-electron chi connectivity index (χ0n) is 21.3. The Balaban J connectivity index is 1.71. The second-order valence-electron chi connectivity index (χ2n) is 6.33. The van der Waals surface area contributed by atoms with Gasteiger partial charge in [0.15, 0.2) is 0 Å². The number of rotatable bonds is 5. The van der Waals surface area contributed by atoms with E-state index >= 15 is 4.39 Å². The van der Waals surface area contributed by atoms with E-state index in [1.807, 2.05) is 0 Å². The molecule has 7 heteroatoms. The normalized spacial score (nSPS) is 24.4. The number of nitrogens with zero attached hydrogens (tertiary/aromatic N) is 3. The van der Waals surface area contributed by atoms with E-state index in [1.54, 1.807) is 0 Å². The lowest BCUT2D eigenvalue weighted by molar-refractivity contribution is 0.0389. The van der Waals surface area contributed by atoms with Crippen molar-refractivity contribution in [3.05, 3.63) is 58.4 Å². The molecule has 27 heavy (non-hydrogen) atoms. The number of carbonyl (C=O) groups is 1. The SMILES string of the molecule is [2H]C([2H])([2H])c1cnc(CCCC2(F)CC([2H])([2H])N(C(=O)c3ccc(F)c(Cl)c3)C([2H])([2H])C2)nc1. The molecule has 3 rings (SSSR count). The van der Waals surface area contributed by atoms with E-state index in [9.17, 15) is 9.18 Å². The molecule has 0 radical (unpaired) electrons. The van der Waals surface area contributed by atoms with Gasteiger partial charge in [0.25, 0.3) is 5.91 Å². The summed E-state index contributed by atoms with van der Waals surface area (Å²) in [5.74, 6) is -1.58. The number of amides is 1. The number of benzene rings is 1. The van der Waals surface area contributed by atoms with Gasteiger partial charge in [0, 0.05) is 47.0 Å². The first-order valence-corrected chi connectivity index (χ1v) is 8.72. The van der Waals surface area contributed by atoms with Crippen LogP contribution in [0, 0.1) is 12.7 Å². The van der Waals surface area contributed by atoms with Gasteiger partial charge in [0.05, 0.1) is 5.02 Å². The largest absolute Gasteiger partial charge is 0.338 e. The molecule has 0 unspecified atom stereocenters. The first-order chi connectivity index (χ1) is 15.5. The third-order valence-electron chi connectivity index (χ3n) is 4.21. The Morgan fingerprint density at radius 3 is 2.70 bits per heavy atom. The Labute approximate surface area is 172 Å². The van der Waals surface area contributed by atoms with Crippen LogP contribution in [0.15, 0.2) is 30.6 Å². The number of alkyl halides is 1. The summed E-state index contributed by atoms with van der Waals surface area (Å²) in [5.41, 5.74) is -2.51. The number of likely N-dealkylation sites (tertiary alicyclic amines) is 1. The summed E-state index contributed by atoms with van der Waals surface area (Å²) >= 11 is 5.69. The summed E-state index contributed by atoms with van der Waals surface area (Å²) in [6, 6.07) is 2.95. The summed E-state index contributed by atoms with van der Waals surface area (Å²) in [5, 5.41) is -0.377. The zero-order chi connectivity index (χ0) is 25.5. The van der Waals surface area contributed by atoms with Crippen LogP contribution in [0.4, 0.5) is 8.78 Å².